The van der Waals surface area contributed by atoms with Gasteiger partial charge in [-0.05, 0) is 24.7 Å². The van der Waals surface area contributed by atoms with E-state index in [9.17, 15) is 9.90 Å². The Bertz CT molecular complexity index is 253. The molecule has 0 aromatic heterocycles. The Morgan fingerprint density at radius 3 is 2.44 bits per heavy atom. The molecule has 92 valence electrons. The fourth-order valence-electron chi connectivity index (χ4n) is 3.11. The predicted molar refractivity (Wildman–Crippen MR) is 60.2 cm³/mol. The van der Waals surface area contributed by atoms with Crippen molar-refractivity contribution in [1.29, 1.82) is 0 Å². The number of aliphatic carboxylic acids is 1. The summed E-state index contributed by atoms with van der Waals surface area (Å²) in [5, 5.41) is 17.7. The number of hydrogen-bond acceptors (Lipinski definition) is 3. The molecule has 2 N–H and O–H groups in total. The van der Waals surface area contributed by atoms with E-state index in [1.165, 1.54) is 32.1 Å². The molecule has 2 fully saturated rings. The van der Waals surface area contributed by atoms with Gasteiger partial charge >= 0.3 is 5.97 Å². The third-order valence-electron chi connectivity index (χ3n) is 4.04. The van der Waals surface area contributed by atoms with Crippen molar-refractivity contribution in [3.05, 3.63) is 0 Å². The highest BCUT2D eigenvalue weighted by Gasteiger charge is 2.42. The van der Waals surface area contributed by atoms with E-state index in [4.69, 9.17) is 5.11 Å². The standard InChI is InChI=1S/C12H21NO3/c14-10(11(15)16)4-7-13-8-12(9-13)5-2-1-3-6-12/h10,14H,1-9H2,(H,15,16). The molecule has 1 saturated carbocycles. The third-order valence-corrected chi connectivity index (χ3v) is 4.04. The number of rotatable bonds is 4. The van der Waals surface area contributed by atoms with Gasteiger partial charge in [0.15, 0.2) is 6.10 Å². The highest BCUT2D eigenvalue weighted by Crippen LogP contribution is 2.43. The van der Waals surface area contributed by atoms with Gasteiger partial charge in [-0.1, -0.05) is 19.3 Å². The summed E-state index contributed by atoms with van der Waals surface area (Å²) in [7, 11) is 0. The van der Waals surface area contributed by atoms with Crippen LogP contribution in [-0.4, -0.2) is 46.8 Å². The summed E-state index contributed by atoms with van der Waals surface area (Å²) in [6.07, 6.45) is 5.92. The first-order valence-corrected chi connectivity index (χ1v) is 6.25. The fraction of sp³-hybridized carbons (Fsp3) is 0.917. The van der Waals surface area contributed by atoms with Crippen molar-refractivity contribution in [3.63, 3.8) is 0 Å². The van der Waals surface area contributed by atoms with Crippen LogP contribution in [0.25, 0.3) is 0 Å². The molecule has 1 aliphatic heterocycles. The Balaban J connectivity index is 1.66. The quantitative estimate of drug-likeness (QED) is 0.754. The van der Waals surface area contributed by atoms with Crippen LogP contribution in [0.5, 0.6) is 0 Å². The van der Waals surface area contributed by atoms with Crippen molar-refractivity contribution in [2.45, 2.75) is 44.6 Å². The highest BCUT2D eigenvalue weighted by atomic mass is 16.4. The minimum atomic E-state index is -1.19. The fourth-order valence-corrected chi connectivity index (χ4v) is 3.11. The minimum Gasteiger partial charge on any atom is -0.479 e. The molecule has 1 aliphatic carbocycles. The minimum absolute atomic E-state index is 0.353. The molecule has 4 heteroatoms. The zero-order valence-electron chi connectivity index (χ0n) is 9.69. The lowest BCUT2D eigenvalue weighted by atomic mass is 9.68. The zero-order valence-corrected chi connectivity index (χ0v) is 9.69. The highest BCUT2D eigenvalue weighted by molar-refractivity contribution is 5.71. The molecule has 1 spiro atoms. The summed E-state index contributed by atoms with van der Waals surface area (Å²) in [5.41, 5.74) is 0.548. The first kappa shape index (κ1) is 11.9. The van der Waals surface area contributed by atoms with E-state index in [2.05, 4.69) is 4.90 Å². The predicted octanol–water partition coefficient (Wildman–Crippen LogP) is 1.09. The Kier molecular flexibility index (Phi) is 3.50. The van der Waals surface area contributed by atoms with E-state index >= 15 is 0 Å². The van der Waals surface area contributed by atoms with E-state index in [1.54, 1.807) is 0 Å². The van der Waals surface area contributed by atoms with E-state index in [0.29, 0.717) is 11.8 Å². The van der Waals surface area contributed by atoms with Gasteiger partial charge in [-0.3, -0.25) is 0 Å². The molecule has 1 unspecified atom stereocenters. The smallest absolute Gasteiger partial charge is 0.332 e. The second-order valence-corrected chi connectivity index (χ2v) is 5.41. The monoisotopic (exact) mass is 227 g/mol. The molecule has 0 bridgehead atoms. The van der Waals surface area contributed by atoms with Gasteiger partial charge in [-0.2, -0.15) is 0 Å². The van der Waals surface area contributed by atoms with Crippen LogP contribution in [0.3, 0.4) is 0 Å². The lowest BCUT2D eigenvalue weighted by Crippen LogP contribution is -2.57. The normalized spacial score (nSPS) is 26.3. The van der Waals surface area contributed by atoms with Crippen molar-refractivity contribution in [3.8, 4) is 0 Å². The summed E-state index contributed by atoms with van der Waals surface area (Å²) < 4.78 is 0. The molecule has 2 aliphatic rings. The van der Waals surface area contributed by atoms with Crippen molar-refractivity contribution in [2.24, 2.45) is 5.41 Å². The van der Waals surface area contributed by atoms with Crippen LogP contribution in [0.15, 0.2) is 0 Å². The average molecular weight is 227 g/mol. The molecule has 1 heterocycles. The van der Waals surface area contributed by atoms with E-state index in [1.807, 2.05) is 0 Å². The summed E-state index contributed by atoms with van der Waals surface area (Å²) in [4.78, 5) is 12.7. The van der Waals surface area contributed by atoms with Crippen LogP contribution in [0.4, 0.5) is 0 Å². The van der Waals surface area contributed by atoms with Gasteiger partial charge in [-0.25, -0.2) is 4.79 Å². The zero-order chi connectivity index (χ0) is 11.6. The lowest BCUT2D eigenvalue weighted by molar-refractivity contribution is -0.147. The number of likely N-dealkylation sites (tertiary alicyclic amines) is 1. The second-order valence-electron chi connectivity index (χ2n) is 5.41. The molecule has 0 radical (unpaired) electrons. The van der Waals surface area contributed by atoms with Gasteiger partial charge in [0.1, 0.15) is 0 Å². The van der Waals surface area contributed by atoms with Gasteiger partial charge in [0.05, 0.1) is 0 Å². The number of carbonyl (C=O) groups is 1. The lowest BCUT2D eigenvalue weighted by Gasteiger charge is -2.52. The topological polar surface area (TPSA) is 60.8 Å². The van der Waals surface area contributed by atoms with Crippen LogP contribution >= 0.6 is 0 Å². The summed E-state index contributed by atoms with van der Waals surface area (Å²) in [6, 6.07) is 0. The van der Waals surface area contributed by atoms with Crippen molar-refractivity contribution >= 4 is 5.97 Å². The molecule has 2 rings (SSSR count). The first-order chi connectivity index (χ1) is 7.61. The van der Waals surface area contributed by atoms with E-state index in [-0.39, 0.29) is 0 Å². The number of carboxylic acids is 1. The molecule has 0 amide bonds. The molecule has 0 aromatic rings. The maximum atomic E-state index is 10.4. The molecule has 1 atom stereocenters. The van der Waals surface area contributed by atoms with Crippen LogP contribution in [0, 0.1) is 5.41 Å². The summed E-state index contributed by atoms with van der Waals surface area (Å²) in [6.45, 7) is 2.94. The van der Waals surface area contributed by atoms with Crippen molar-refractivity contribution in [2.75, 3.05) is 19.6 Å². The molecule has 0 aromatic carbocycles. The molecular formula is C12H21NO3. The molecular weight excluding hydrogens is 206 g/mol. The van der Waals surface area contributed by atoms with Crippen LogP contribution in [-0.2, 0) is 4.79 Å². The maximum Gasteiger partial charge on any atom is 0.332 e. The Morgan fingerprint density at radius 2 is 1.88 bits per heavy atom. The SMILES string of the molecule is O=C(O)C(O)CCN1CC2(CCCCC2)C1. The van der Waals surface area contributed by atoms with Crippen LogP contribution in [0.1, 0.15) is 38.5 Å². The molecule has 1 saturated heterocycles. The number of nitrogens with zero attached hydrogens (tertiary/aromatic N) is 1. The molecule has 16 heavy (non-hydrogen) atoms. The van der Waals surface area contributed by atoms with Crippen LogP contribution in [0.2, 0.25) is 0 Å². The second kappa shape index (κ2) is 4.72. The van der Waals surface area contributed by atoms with Gasteiger partial charge in [0, 0.05) is 19.6 Å². The van der Waals surface area contributed by atoms with Gasteiger partial charge in [-0.15, -0.1) is 0 Å². The Hall–Kier alpha value is -0.610. The number of carboxylic acid groups (broad SMARTS) is 1. The average Bonchev–Trinajstić information content (AvgIpc) is 2.24. The van der Waals surface area contributed by atoms with Crippen molar-refractivity contribution < 1.29 is 15.0 Å². The summed E-state index contributed by atoms with van der Waals surface area (Å²) >= 11 is 0. The maximum absolute atomic E-state index is 10.4. The first-order valence-electron chi connectivity index (χ1n) is 6.25. The Morgan fingerprint density at radius 1 is 1.25 bits per heavy atom. The Labute approximate surface area is 96.3 Å². The van der Waals surface area contributed by atoms with E-state index in [0.717, 1.165) is 19.6 Å². The number of hydrogen-bond donors (Lipinski definition) is 2. The number of aliphatic hydroxyl groups is 1. The van der Waals surface area contributed by atoms with Gasteiger partial charge < -0.3 is 15.1 Å². The van der Waals surface area contributed by atoms with E-state index < -0.39 is 12.1 Å². The van der Waals surface area contributed by atoms with Crippen LogP contribution < -0.4 is 0 Å². The van der Waals surface area contributed by atoms with Crippen molar-refractivity contribution in [1.82, 2.24) is 4.90 Å². The molecule has 4 nitrogen and oxygen atoms in total. The largest absolute Gasteiger partial charge is 0.479 e. The van der Waals surface area contributed by atoms with Gasteiger partial charge in [0.25, 0.3) is 0 Å². The van der Waals surface area contributed by atoms with Gasteiger partial charge in [0.2, 0.25) is 0 Å². The third kappa shape index (κ3) is 2.55. The number of aliphatic hydroxyl groups excluding tert-OH is 1. The summed E-state index contributed by atoms with van der Waals surface area (Å²) in [5.74, 6) is -1.10.